The van der Waals surface area contributed by atoms with E-state index >= 15 is 0 Å². The summed E-state index contributed by atoms with van der Waals surface area (Å²) in [6, 6.07) is 12.0. The zero-order valence-electron chi connectivity index (χ0n) is 19.2. The van der Waals surface area contributed by atoms with Gasteiger partial charge in [-0.25, -0.2) is 0 Å². The van der Waals surface area contributed by atoms with Crippen molar-refractivity contribution in [1.82, 2.24) is 20.9 Å². The highest BCUT2D eigenvalue weighted by Gasteiger charge is 2.23. The van der Waals surface area contributed by atoms with E-state index in [0.29, 0.717) is 18.1 Å². The first-order valence-electron chi connectivity index (χ1n) is 10.9. The van der Waals surface area contributed by atoms with Gasteiger partial charge in [-0.05, 0) is 59.9 Å². The van der Waals surface area contributed by atoms with E-state index in [1.54, 1.807) is 0 Å². The fourth-order valence-electron chi connectivity index (χ4n) is 3.81. The maximum absolute atomic E-state index is 4.90. The van der Waals surface area contributed by atoms with Crippen molar-refractivity contribution in [2.24, 2.45) is 4.99 Å². The molecule has 166 valence electrons. The van der Waals surface area contributed by atoms with Gasteiger partial charge in [-0.15, -0.1) is 24.0 Å². The van der Waals surface area contributed by atoms with Crippen molar-refractivity contribution in [3.8, 4) is 0 Å². The second kappa shape index (κ2) is 12.7. The standard InChI is InChI=1S/C23H41N5.HI/c1-7-24-22(26-21-13-15-28(16-14-21)18(2)3)25-17-23(5,6)27-19(4)20-11-9-8-10-12-20;/h8-12,18-19,21,27H,7,13-17H2,1-6H3,(H2,24,25,26);1H. The minimum Gasteiger partial charge on any atom is -0.357 e. The van der Waals surface area contributed by atoms with Crippen molar-refractivity contribution in [1.29, 1.82) is 0 Å². The molecule has 0 radical (unpaired) electrons. The molecule has 0 bridgehead atoms. The average Bonchev–Trinajstić information content (AvgIpc) is 2.67. The molecule has 6 heteroatoms. The number of benzene rings is 1. The predicted octanol–water partition coefficient (Wildman–Crippen LogP) is 4.16. The van der Waals surface area contributed by atoms with Crippen LogP contribution in [0.2, 0.25) is 0 Å². The van der Waals surface area contributed by atoms with Gasteiger partial charge in [0.2, 0.25) is 0 Å². The molecule has 1 heterocycles. The quantitative estimate of drug-likeness (QED) is 0.277. The summed E-state index contributed by atoms with van der Waals surface area (Å²) in [5.41, 5.74) is 1.22. The highest BCUT2D eigenvalue weighted by atomic mass is 127. The molecule has 2 rings (SSSR count). The Balaban J connectivity index is 0.00000420. The molecule has 1 aliphatic heterocycles. The van der Waals surface area contributed by atoms with E-state index in [9.17, 15) is 0 Å². The van der Waals surface area contributed by atoms with Crippen molar-refractivity contribution >= 4 is 29.9 Å². The van der Waals surface area contributed by atoms with Crippen LogP contribution in [-0.4, -0.2) is 54.7 Å². The van der Waals surface area contributed by atoms with Crippen LogP contribution < -0.4 is 16.0 Å². The number of likely N-dealkylation sites (tertiary alicyclic amines) is 1. The molecule has 0 amide bonds. The molecule has 1 aromatic carbocycles. The maximum atomic E-state index is 4.90. The topological polar surface area (TPSA) is 51.7 Å². The van der Waals surface area contributed by atoms with Gasteiger partial charge < -0.3 is 20.9 Å². The molecule has 5 nitrogen and oxygen atoms in total. The Morgan fingerprint density at radius 1 is 1.14 bits per heavy atom. The summed E-state index contributed by atoms with van der Waals surface area (Å²) in [7, 11) is 0. The zero-order valence-corrected chi connectivity index (χ0v) is 21.5. The van der Waals surface area contributed by atoms with Crippen LogP contribution >= 0.6 is 24.0 Å². The van der Waals surface area contributed by atoms with Gasteiger partial charge >= 0.3 is 0 Å². The number of hydrogen-bond acceptors (Lipinski definition) is 3. The van der Waals surface area contributed by atoms with E-state index in [0.717, 1.165) is 32.1 Å². The third kappa shape index (κ3) is 9.22. The van der Waals surface area contributed by atoms with E-state index in [-0.39, 0.29) is 29.5 Å². The SMILES string of the molecule is CCNC(=NCC(C)(C)NC(C)c1ccccc1)NC1CCN(C(C)C)CC1.I. The fourth-order valence-corrected chi connectivity index (χ4v) is 3.81. The Morgan fingerprint density at radius 3 is 2.31 bits per heavy atom. The van der Waals surface area contributed by atoms with Gasteiger partial charge in [0.25, 0.3) is 0 Å². The summed E-state index contributed by atoms with van der Waals surface area (Å²) in [4.78, 5) is 7.45. The molecule has 3 N–H and O–H groups in total. The van der Waals surface area contributed by atoms with Crippen LogP contribution in [0.15, 0.2) is 35.3 Å². The van der Waals surface area contributed by atoms with Gasteiger partial charge in [-0.1, -0.05) is 30.3 Å². The number of hydrogen-bond donors (Lipinski definition) is 3. The number of halogens is 1. The molecule has 1 aromatic rings. The molecule has 0 saturated carbocycles. The van der Waals surface area contributed by atoms with Crippen molar-refractivity contribution in [3.63, 3.8) is 0 Å². The number of aliphatic imine (C=N–C) groups is 1. The summed E-state index contributed by atoms with van der Waals surface area (Å²) < 4.78 is 0. The first-order chi connectivity index (χ1) is 13.3. The molecular weight excluding hydrogens is 473 g/mol. The van der Waals surface area contributed by atoms with Crippen molar-refractivity contribution in [2.45, 2.75) is 78.0 Å². The summed E-state index contributed by atoms with van der Waals surface area (Å²) in [6.45, 7) is 17.3. The van der Waals surface area contributed by atoms with Crippen LogP contribution in [0.1, 0.15) is 66.0 Å². The van der Waals surface area contributed by atoms with Gasteiger partial charge in [-0.2, -0.15) is 0 Å². The molecule has 1 aliphatic rings. The summed E-state index contributed by atoms with van der Waals surface area (Å²) >= 11 is 0. The van der Waals surface area contributed by atoms with E-state index in [1.807, 2.05) is 0 Å². The number of nitrogens with one attached hydrogen (secondary N) is 3. The van der Waals surface area contributed by atoms with E-state index in [4.69, 9.17) is 4.99 Å². The second-order valence-corrected chi connectivity index (χ2v) is 8.90. The maximum Gasteiger partial charge on any atom is 0.191 e. The van der Waals surface area contributed by atoms with Gasteiger partial charge in [0.05, 0.1) is 6.54 Å². The highest BCUT2D eigenvalue weighted by molar-refractivity contribution is 14.0. The Labute approximate surface area is 195 Å². The molecule has 29 heavy (non-hydrogen) atoms. The van der Waals surface area contributed by atoms with E-state index < -0.39 is 0 Å². The fraction of sp³-hybridized carbons (Fsp3) is 0.696. The number of guanidine groups is 1. The lowest BCUT2D eigenvalue weighted by molar-refractivity contribution is 0.167. The van der Waals surface area contributed by atoms with Crippen LogP contribution in [0.25, 0.3) is 0 Å². The lowest BCUT2D eigenvalue weighted by Gasteiger charge is -2.35. The highest BCUT2D eigenvalue weighted by Crippen LogP contribution is 2.17. The predicted molar refractivity (Wildman–Crippen MR) is 136 cm³/mol. The molecule has 1 saturated heterocycles. The van der Waals surface area contributed by atoms with Crippen molar-refractivity contribution in [3.05, 3.63) is 35.9 Å². The number of nitrogens with zero attached hydrogens (tertiary/aromatic N) is 2. The Bertz CT molecular complexity index is 595. The number of piperidine rings is 1. The van der Waals surface area contributed by atoms with Gasteiger partial charge in [-0.3, -0.25) is 4.99 Å². The van der Waals surface area contributed by atoms with Gasteiger partial charge in [0.1, 0.15) is 0 Å². The molecule has 1 unspecified atom stereocenters. The molecule has 1 fully saturated rings. The Hall–Kier alpha value is -0.860. The van der Waals surface area contributed by atoms with Crippen LogP contribution in [0, 0.1) is 0 Å². The number of rotatable bonds is 8. The largest absolute Gasteiger partial charge is 0.357 e. The first kappa shape index (κ1) is 26.2. The van der Waals surface area contributed by atoms with Crippen molar-refractivity contribution < 1.29 is 0 Å². The monoisotopic (exact) mass is 515 g/mol. The first-order valence-corrected chi connectivity index (χ1v) is 10.9. The van der Waals surface area contributed by atoms with Crippen LogP contribution in [0.5, 0.6) is 0 Å². The minimum absolute atomic E-state index is 0. The molecule has 0 aliphatic carbocycles. The molecule has 1 atom stereocenters. The van der Waals surface area contributed by atoms with E-state index in [2.05, 4.69) is 92.7 Å². The summed E-state index contributed by atoms with van der Waals surface area (Å²) in [5.74, 6) is 0.938. The Morgan fingerprint density at radius 2 is 1.76 bits per heavy atom. The van der Waals surface area contributed by atoms with Crippen LogP contribution in [0.4, 0.5) is 0 Å². The molecular formula is C23H42IN5. The zero-order chi connectivity index (χ0) is 20.6. The van der Waals surface area contributed by atoms with Gasteiger partial charge in [0.15, 0.2) is 5.96 Å². The second-order valence-electron chi connectivity index (χ2n) is 8.90. The minimum atomic E-state index is -0.0847. The lowest BCUT2D eigenvalue weighted by Crippen LogP contribution is -2.50. The summed E-state index contributed by atoms with van der Waals surface area (Å²) in [5, 5.41) is 10.8. The molecule has 0 spiro atoms. The third-order valence-electron chi connectivity index (χ3n) is 5.48. The van der Waals surface area contributed by atoms with Crippen molar-refractivity contribution in [2.75, 3.05) is 26.2 Å². The Kier molecular flexibility index (Phi) is 11.5. The van der Waals surface area contributed by atoms with Crippen LogP contribution in [-0.2, 0) is 0 Å². The smallest absolute Gasteiger partial charge is 0.191 e. The lowest BCUT2D eigenvalue weighted by atomic mass is 10.0. The normalized spacial score (nSPS) is 17.7. The van der Waals surface area contributed by atoms with E-state index in [1.165, 1.54) is 18.4 Å². The molecule has 0 aromatic heterocycles. The van der Waals surface area contributed by atoms with Crippen LogP contribution in [0.3, 0.4) is 0 Å². The average molecular weight is 516 g/mol. The third-order valence-corrected chi connectivity index (χ3v) is 5.48. The summed E-state index contributed by atoms with van der Waals surface area (Å²) in [6.07, 6.45) is 2.35. The van der Waals surface area contributed by atoms with Gasteiger partial charge in [0, 0.05) is 43.3 Å².